The maximum atomic E-state index is 9.97. The average molecular weight is 234 g/mol. The van der Waals surface area contributed by atoms with Gasteiger partial charge in [-0.05, 0) is 12.1 Å². The van der Waals surface area contributed by atoms with Crippen LogP contribution in [0.4, 0.5) is 0 Å². The fourth-order valence-corrected chi connectivity index (χ4v) is 2.55. The summed E-state index contributed by atoms with van der Waals surface area (Å²) in [5, 5.41) is 12.1. The second-order valence-electron chi connectivity index (χ2n) is 4.38. The lowest BCUT2D eigenvalue weighted by Gasteiger charge is -2.08. The molecule has 0 radical (unpaired) electrons. The molecule has 0 atom stereocenters. The summed E-state index contributed by atoms with van der Waals surface area (Å²) in [4.78, 5) is 4.55. The van der Waals surface area contributed by atoms with Crippen molar-refractivity contribution in [1.82, 2.24) is 9.71 Å². The number of rotatable bonds is 0. The summed E-state index contributed by atoms with van der Waals surface area (Å²) in [5.41, 5.74) is 3.68. The highest BCUT2D eigenvalue weighted by molar-refractivity contribution is 6.09. The number of fused-ring (bicyclic) bond motifs is 5. The summed E-state index contributed by atoms with van der Waals surface area (Å²) >= 11 is 0. The average Bonchev–Trinajstić information content (AvgIpc) is 2.77. The summed E-state index contributed by atoms with van der Waals surface area (Å²) < 4.78 is 1.14. The maximum absolute atomic E-state index is 9.97. The highest BCUT2D eigenvalue weighted by Crippen LogP contribution is 2.36. The van der Waals surface area contributed by atoms with Crippen LogP contribution in [0.25, 0.3) is 33.1 Å². The van der Waals surface area contributed by atoms with E-state index in [1.807, 2.05) is 42.5 Å². The van der Waals surface area contributed by atoms with E-state index >= 15 is 0 Å². The fraction of sp³-hybridized carbons (Fsp3) is 0. The molecule has 2 aliphatic heterocycles. The lowest BCUT2D eigenvalue weighted by molar-refractivity contribution is 0.198. The number of hydrogen-bond donors (Lipinski definition) is 1. The van der Waals surface area contributed by atoms with Gasteiger partial charge in [0.05, 0.1) is 22.9 Å². The number of pyridine rings is 1. The highest BCUT2D eigenvalue weighted by atomic mass is 16.5. The van der Waals surface area contributed by atoms with Gasteiger partial charge in [0, 0.05) is 16.3 Å². The first kappa shape index (κ1) is 9.48. The van der Waals surface area contributed by atoms with Crippen LogP contribution in [0, 0.1) is 0 Å². The Bertz CT molecular complexity index is 848. The molecule has 2 aromatic rings. The molecule has 3 nitrogen and oxygen atoms in total. The summed E-state index contributed by atoms with van der Waals surface area (Å²) in [5.74, 6) is 0. The highest BCUT2D eigenvalue weighted by Gasteiger charge is 2.16. The van der Waals surface area contributed by atoms with Crippen LogP contribution in [-0.4, -0.2) is 14.9 Å². The smallest absolute Gasteiger partial charge is 0.0920 e. The SMILES string of the molecule is On1cc2nc3ccccc3c-2c2ccccc21. The Hall–Kier alpha value is -2.55. The predicted octanol–water partition coefficient (Wildman–Crippen LogP) is 3.53. The third-order valence-corrected chi connectivity index (χ3v) is 3.34. The van der Waals surface area contributed by atoms with Gasteiger partial charge in [-0.2, -0.15) is 4.73 Å². The molecule has 0 unspecified atom stereocenters. The molecule has 0 amide bonds. The second-order valence-corrected chi connectivity index (χ2v) is 4.38. The van der Waals surface area contributed by atoms with Crippen molar-refractivity contribution in [3.63, 3.8) is 0 Å². The Morgan fingerprint density at radius 3 is 2.50 bits per heavy atom. The van der Waals surface area contributed by atoms with Gasteiger partial charge in [0.25, 0.3) is 0 Å². The monoisotopic (exact) mass is 234 g/mol. The van der Waals surface area contributed by atoms with Crippen LogP contribution in [0.5, 0.6) is 0 Å². The van der Waals surface area contributed by atoms with Gasteiger partial charge in [0.1, 0.15) is 0 Å². The van der Waals surface area contributed by atoms with E-state index in [1.165, 1.54) is 0 Å². The van der Waals surface area contributed by atoms with Crippen LogP contribution in [0.3, 0.4) is 0 Å². The minimum Gasteiger partial charge on any atom is -0.428 e. The molecule has 3 heteroatoms. The molecule has 2 aromatic carbocycles. The van der Waals surface area contributed by atoms with E-state index in [9.17, 15) is 5.21 Å². The van der Waals surface area contributed by atoms with Crippen LogP contribution in [-0.2, 0) is 0 Å². The van der Waals surface area contributed by atoms with Crippen molar-refractivity contribution in [3.05, 3.63) is 54.7 Å². The quantitative estimate of drug-likeness (QED) is 0.473. The molecule has 0 fully saturated rings. The van der Waals surface area contributed by atoms with E-state index < -0.39 is 0 Å². The number of aromatic nitrogens is 2. The molecule has 0 bridgehead atoms. The van der Waals surface area contributed by atoms with E-state index in [2.05, 4.69) is 11.1 Å². The largest absolute Gasteiger partial charge is 0.428 e. The van der Waals surface area contributed by atoms with Crippen LogP contribution < -0.4 is 0 Å². The van der Waals surface area contributed by atoms with Gasteiger partial charge in [0.15, 0.2) is 0 Å². The Labute approximate surface area is 103 Å². The number of benzene rings is 2. The molecule has 0 spiro atoms. The molecule has 0 aromatic heterocycles. The minimum atomic E-state index is 0.795. The standard InChI is InChI=1S/C15H10N2O/c18-17-9-13-15(11-6-2-4-8-14(11)17)10-5-1-3-7-12(10)16-13/h1-9,18H. The Morgan fingerprint density at radius 1 is 0.889 bits per heavy atom. The molecule has 0 aliphatic carbocycles. The van der Waals surface area contributed by atoms with Gasteiger partial charge in [0.2, 0.25) is 0 Å². The van der Waals surface area contributed by atoms with E-state index in [-0.39, 0.29) is 0 Å². The van der Waals surface area contributed by atoms with E-state index in [0.29, 0.717) is 0 Å². The first-order valence-corrected chi connectivity index (χ1v) is 5.82. The summed E-state index contributed by atoms with van der Waals surface area (Å²) in [6.07, 6.45) is 1.66. The number of para-hydroxylation sites is 2. The zero-order valence-corrected chi connectivity index (χ0v) is 9.54. The van der Waals surface area contributed by atoms with Crippen LogP contribution in [0.2, 0.25) is 0 Å². The maximum Gasteiger partial charge on any atom is 0.0920 e. The van der Waals surface area contributed by atoms with E-state index in [0.717, 1.165) is 37.8 Å². The van der Waals surface area contributed by atoms with Gasteiger partial charge in [-0.25, -0.2) is 4.98 Å². The van der Waals surface area contributed by atoms with Crippen molar-refractivity contribution < 1.29 is 5.21 Å². The molecule has 0 saturated heterocycles. The van der Waals surface area contributed by atoms with E-state index in [4.69, 9.17) is 0 Å². The van der Waals surface area contributed by atoms with Crippen molar-refractivity contribution in [2.24, 2.45) is 0 Å². The summed E-state index contributed by atoms with van der Waals surface area (Å²) in [6.45, 7) is 0. The fourth-order valence-electron chi connectivity index (χ4n) is 2.55. The predicted molar refractivity (Wildman–Crippen MR) is 71.0 cm³/mol. The molecule has 18 heavy (non-hydrogen) atoms. The normalized spacial score (nSPS) is 11.6. The van der Waals surface area contributed by atoms with Crippen LogP contribution in [0.15, 0.2) is 54.7 Å². The molecule has 86 valence electrons. The molecule has 0 saturated carbocycles. The Balaban J connectivity index is 2.35. The van der Waals surface area contributed by atoms with Crippen molar-refractivity contribution >= 4 is 21.8 Å². The van der Waals surface area contributed by atoms with Crippen molar-refractivity contribution in [3.8, 4) is 11.3 Å². The number of nitrogens with zero attached hydrogens (tertiary/aromatic N) is 2. The lowest BCUT2D eigenvalue weighted by atomic mass is 10.0. The topological polar surface area (TPSA) is 38.0 Å². The summed E-state index contributed by atoms with van der Waals surface area (Å²) in [6, 6.07) is 15.9. The molecular formula is C15H10N2O. The van der Waals surface area contributed by atoms with Gasteiger partial charge < -0.3 is 5.21 Å². The van der Waals surface area contributed by atoms with Gasteiger partial charge in [-0.1, -0.05) is 36.4 Å². The zero-order valence-electron chi connectivity index (χ0n) is 9.54. The number of hydrogen-bond acceptors (Lipinski definition) is 2. The Kier molecular flexibility index (Phi) is 1.70. The third-order valence-electron chi connectivity index (χ3n) is 3.34. The van der Waals surface area contributed by atoms with Crippen LogP contribution >= 0.6 is 0 Å². The molecule has 2 aliphatic rings. The van der Waals surface area contributed by atoms with Crippen molar-refractivity contribution in [2.45, 2.75) is 0 Å². The van der Waals surface area contributed by atoms with Gasteiger partial charge in [-0.3, -0.25) is 0 Å². The van der Waals surface area contributed by atoms with Crippen molar-refractivity contribution in [1.29, 1.82) is 0 Å². The zero-order chi connectivity index (χ0) is 12.1. The van der Waals surface area contributed by atoms with Crippen LogP contribution in [0.1, 0.15) is 0 Å². The first-order valence-electron chi connectivity index (χ1n) is 5.82. The third kappa shape index (κ3) is 1.10. The van der Waals surface area contributed by atoms with Gasteiger partial charge in [-0.15, -0.1) is 0 Å². The molecule has 4 rings (SSSR count). The molecule has 2 heterocycles. The molecule has 1 N–H and O–H groups in total. The lowest BCUT2D eigenvalue weighted by Crippen LogP contribution is -1.96. The Morgan fingerprint density at radius 2 is 1.61 bits per heavy atom. The van der Waals surface area contributed by atoms with Crippen molar-refractivity contribution in [2.75, 3.05) is 0 Å². The second kappa shape index (κ2) is 3.23. The summed E-state index contributed by atoms with van der Waals surface area (Å²) in [7, 11) is 0. The van der Waals surface area contributed by atoms with E-state index in [1.54, 1.807) is 6.20 Å². The minimum absolute atomic E-state index is 0.795. The van der Waals surface area contributed by atoms with Gasteiger partial charge >= 0.3 is 0 Å². The molecular weight excluding hydrogens is 224 g/mol. The first-order chi connectivity index (χ1) is 8.84.